The molecule has 0 spiro atoms. The molecule has 6 heteroatoms. The molecule has 0 aromatic heterocycles. The van der Waals surface area contributed by atoms with Gasteiger partial charge in [-0.25, -0.2) is 0 Å². The van der Waals surface area contributed by atoms with Crippen molar-refractivity contribution >= 4 is 0 Å². The molecule has 1 aromatic carbocycles. The van der Waals surface area contributed by atoms with Gasteiger partial charge in [0.25, 0.3) is 0 Å². The molecule has 1 atom stereocenters. The summed E-state index contributed by atoms with van der Waals surface area (Å²) in [7, 11) is 0. The Morgan fingerprint density at radius 2 is 1.76 bits per heavy atom. The number of aliphatic hydroxyl groups excluding tert-OH is 1. The van der Waals surface area contributed by atoms with Gasteiger partial charge in [0.15, 0.2) is 11.5 Å². The number of aliphatic hydroxyl groups is 1. The van der Waals surface area contributed by atoms with Crippen LogP contribution < -0.4 is 5.32 Å². The molecule has 21 heavy (non-hydrogen) atoms. The van der Waals surface area contributed by atoms with E-state index < -0.39 is 11.2 Å². The highest BCUT2D eigenvalue weighted by Gasteiger charge is 2.37. The molecule has 0 bridgehead atoms. The van der Waals surface area contributed by atoms with Crippen molar-refractivity contribution < 1.29 is 20.4 Å². The maximum atomic E-state index is 10.2. The minimum atomic E-state index is -0.513. The number of nitrogens with one attached hydrogen (secondary N) is 1. The molecule has 0 saturated carbocycles. The highest BCUT2D eigenvalue weighted by Crippen LogP contribution is 2.47. The number of piperazine rings is 1. The van der Waals surface area contributed by atoms with Crippen molar-refractivity contribution in [2.75, 3.05) is 32.8 Å². The minimum absolute atomic E-state index is 0.0529. The first-order valence-electron chi connectivity index (χ1n) is 7.18. The predicted octanol–water partition coefficient (Wildman–Crippen LogP) is 0.768. The predicted molar refractivity (Wildman–Crippen MR) is 79.5 cm³/mol. The van der Waals surface area contributed by atoms with Gasteiger partial charge >= 0.3 is 0 Å². The van der Waals surface area contributed by atoms with Gasteiger partial charge in [0.2, 0.25) is 5.75 Å². The van der Waals surface area contributed by atoms with Gasteiger partial charge in [-0.1, -0.05) is 13.8 Å². The largest absolute Gasteiger partial charge is 0.504 e. The summed E-state index contributed by atoms with van der Waals surface area (Å²) < 4.78 is 0. The number of phenols is 3. The lowest BCUT2D eigenvalue weighted by Gasteiger charge is -2.43. The Kier molecular flexibility index (Phi) is 4.61. The van der Waals surface area contributed by atoms with Gasteiger partial charge in [-0.2, -0.15) is 0 Å². The van der Waals surface area contributed by atoms with Crippen LogP contribution in [0.15, 0.2) is 12.1 Å². The lowest BCUT2D eigenvalue weighted by molar-refractivity contribution is 0.0291. The van der Waals surface area contributed by atoms with Crippen molar-refractivity contribution in [1.82, 2.24) is 10.2 Å². The van der Waals surface area contributed by atoms with Crippen LogP contribution >= 0.6 is 0 Å². The quantitative estimate of drug-likeness (QED) is 0.527. The molecule has 118 valence electrons. The Morgan fingerprint density at radius 3 is 2.33 bits per heavy atom. The number of rotatable bonds is 4. The van der Waals surface area contributed by atoms with Crippen molar-refractivity contribution in [2.24, 2.45) is 5.41 Å². The number of nitrogens with zero attached hydrogens (tertiary/aromatic N) is 1. The normalized spacial score (nSPS) is 18.6. The molecule has 1 fully saturated rings. The average Bonchev–Trinajstić information content (AvgIpc) is 2.48. The van der Waals surface area contributed by atoms with Crippen molar-refractivity contribution in [3.8, 4) is 17.2 Å². The van der Waals surface area contributed by atoms with Gasteiger partial charge in [0.05, 0.1) is 0 Å². The summed E-state index contributed by atoms with van der Waals surface area (Å²) in [6.45, 7) is 7.03. The van der Waals surface area contributed by atoms with Gasteiger partial charge in [-0.3, -0.25) is 4.90 Å². The number of benzene rings is 1. The fourth-order valence-corrected chi connectivity index (χ4v) is 2.94. The first-order valence-corrected chi connectivity index (χ1v) is 7.18. The molecule has 0 amide bonds. The van der Waals surface area contributed by atoms with Gasteiger partial charge in [-0.05, 0) is 12.1 Å². The third-order valence-electron chi connectivity index (χ3n) is 4.12. The molecule has 6 nitrogen and oxygen atoms in total. The van der Waals surface area contributed by atoms with Gasteiger partial charge in [0, 0.05) is 49.8 Å². The molecule has 5 N–H and O–H groups in total. The highest BCUT2D eigenvalue weighted by molar-refractivity contribution is 5.54. The Balaban J connectivity index is 2.47. The summed E-state index contributed by atoms with van der Waals surface area (Å²) in [5, 5.41) is 42.5. The van der Waals surface area contributed by atoms with Crippen molar-refractivity contribution in [3.63, 3.8) is 0 Å². The average molecular weight is 296 g/mol. The van der Waals surface area contributed by atoms with Crippen LogP contribution in [0.1, 0.15) is 25.5 Å². The van der Waals surface area contributed by atoms with Crippen molar-refractivity contribution in [2.45, 2.75) is 19.9 Å². The van der Waals surface area contributed by atoms with Crippen LogP contribution in [0.2, 0.25) is 0 Å². The van der Waals surface area contributed by atoms with Crippen LogP contribution in [-0.4, -0.2) is 58.1 Å². The first-order chi connectivity index (χ1) is 9.88. The summed E-state index contributed by atoms with van der Waals surface area (Å²) in [4.78, 5) is 2.18. The first kappa shape index (κ1) is 15.9. The molecular formula is C15H24N2O4. The molecule has 0 aliphatic carbocycles. The molecule has 2 rings (SSSR count). The van der Waals surface area contributed by atoms with Crippen molar-refractivity contribution in [1.29, 1.82) is 0 Å². The molecule has 1 heterocycles. The zero-order valence-electron chi connectivity index (χ0n) is 12.5. The smallest absolute Gasteiger partial charge is 0.200 e. The number of phenolic OH excluding ortho intramolecular Hbond substituents is 3. The zero-order valence-corrected chi connectivity index (χ0v) is 12.5. The van der Waals surface area contributed by atoms with Crippen LogP contribution in [0, 0.1) is 5.41 Å². The fourth-order valence-electron chi connectivity index (χ4n) is 2.94. The molecule has 1 saturated heterocycles. The summed E-state index contributed by atoms with van der Waals surface area (Å²) >= 11 is 0. The molecule has 1 aliphatic heterocycles. The number of hydrogen-bond donors (Lipinski definition) is 5. The lowest BCUT2D eigenvalue weighted by Crippen LogP contribution is -2.49. The highest BCUT2D eigenvalue weighted by atomic mass is 16.3. The van der Waals surface area contributed by atoms with E-state index in [0.29, 0.717) is 5.56 Å². The van der Waals surface area contributed by atoms with Crippen LogP contribution in [-0.2, 0) is 0 Å². The summed E-state index contributed by atoms with van der Waals surface area (Å²) in [5.74, 6) is -1.18. The number of aromatic hydroxyl groups is 3. The maximum Gasteiger partial charge on any atom is 0.200 e. The second-order valence-electron chi connectivity index (χ2n) is 6.21. The van der Waals surface area contributed by atoms with E-state index in [2.05, 4.69) is 10.2 Å². The Bertz CT molecular complexity index is 499. The van der Waals surface area contributed by atoms with Gasteiger partial charge < -0.3 is 25.7 Å². The third kappa shape index (κ3) is 3.07. The molecular weight excluding hydrogens is 272 g/mol. The van der Waals surface area contributed by atoms with Crippen LogP contribution in [0.5, 0.6) is 17.2 Å². The standard InChI is InChI=1S/C15H24N2O4/c1-15(2,9-18)14(17-7-5-16-6-8-17)10-3-4-11(19)13(21)12(10)20/h3-4,14,16,18-21H,5-9H2,1-2H3/t14-/m1/s1. The number of hydrogen-bond acceptors (Lipinski definition) is 6. The van der Waals surface area contributed by atoms with E-state index in [1.165, 1.54) is 6.07 Å². The summed E-state index contributed by atoms with van der Waals surface area (Å²) in [6.07, 6.45) is 0. The van der Waals surface area contributed by atoms with E-state index in [0.717, 1.165) is 26.2 Å². The fraction of sp³-hybridized carbons (Fsp3) is 0.600. The van der Waals surface area contributed by atoms with Crippen LogP contribution in [0.3, 0.4) is 0 Å². The topological polar surface area (TPSA) is 96.2 Å². The molecule has 0 unspecified atom stereocenters. The van der Waals surface area contributed by atoms with E-state index >= 15 is 0 Å². The van der Waals surface area contributed by atoms with Crippen molar-refractivity contribution in [3.05, 3.63) is 17.7 Å². The minimum Gasteiger partial charge on any atom is -0.504 e. The summed E-state index contributed by atoms with van der Waals surface area (Å²) in [6, 6.07) is 2.72. The SMILES string of the molecule is CC(C)(CO)[C@@H](c1ccc(O)c(O)c1O)N1CCNCC1. The molecule has 0 radical (unpaired) electrons. The van der Waals surface area contributed by atoms with E-state index in [-0.39, 0.29) is 24.1 Å². The van der Waals surface area contributed by atoms with Gasteiger partial charge in [-0.15, -0.1) is 0 Å². The van der Waals surface area contributed by atoms with Crippen LogP contribution in [0.25, 0.3) is 0 Å². The lowest BCUT2D eigenvalue weighted by atomic mass is 9.79. The Labute approximate surface area is 124 Å². The monoisotopic (exact) mass is 296 g/mol. The van der Waals surface area contributed by atoms with E-state index in [1.807, 2.05) is 13.8 Å². The summed E-state index contributed by atoms with van der Waals surface area (Å²) in [5.41, 5.74) is 0.0179. The van der Waals surface area contributed by atoms with Gasteiger partial charge in [0.1, 0.15) is 0 Å². The molecule has 1 aliphatic rings. The second-order valence-corrected chi connectivity index (χ2v) is 6.21. The Morgan fingerprint density at radius 1 is 1.14 bits per heavy atom. The van der Waals surface area contributed by atoms with Crippen LogP contribution in [0.4, 0.5) is 0 Å². The second kappa shape index (κ2) is 6.09. The molecule has 1 aromatic rings. The van der Waals surface area contributed by atoms with E-state index in [4.69, 9.17) is 0 Å². The maximum absolute atomic E-state index is 10.2. The van der Waals surface area contributed by atoms with E-state index in [1.54, 1.807) is 6.07 Å². The third-order valence-corrected chi connectivity index (χ3v) is 4.12. The Hall–Kier alpha value is -1.50. The zero-order chi connectivity index (χ0) is 15.6. The van der Waals surface area contributed by atoms with E-state index in [9.17, 15) is 20.4 Å².